The molecule has 0 aliphatic rings. The highest BCUT2D eigenvalue weighted by Crippen LogP contribution is 2.20. The van der Waals surface area contributed by atoms with Gasteiger partial charge in [0.1, 0.15) is 0 Å². The van der Waals surface area contributed by atoms with Crippen molar-refractivity contribution < 1.29 is 0 Å². The van der Waals surface area contributed by atoms with Crippen LogP contribution in [0, 0.1) is 19.8 Å². The number of hydrogen-bond acceptors (Lipinski definition) is 0. The van der Waals surface area contributed by atoms with E-state index in [2.05, 4.69) is 20.8 Å². The monoisotopic (exact) mass is 392 g/mol. The summed E-state index contributed by atoms with van der Waals surface area (Å²) in [6.07, 6.45) is 34.1. The quantitative estimate of drug-likeness (QED) is 0.143. The number of rotatable bonds is 24. The molecule has 28 heavy (non-hydrogen) atoms. The van der Waals surface area contributed by atoms with Gasteiger partial charge in [-0.2, -0.15) is 0 Å². The Bertz CT molecular complexity index is 257. The van der Waals surface area contributed by atoms with Crippen molar-refractivity contribution >= 4 is 0 Å². The van der Waals surface area contributed by atoms with Crippen LogP contribution in [0.15, 0.2) is 0 Å². The van der Waals surface area contributed by atoms with E-state index >= 15 is 0 Å². The average Bonchev–Trinajstić information content (AvgIpc) is 2.71. The van der Waals surface area contributed by atoms with E-state index in [1.165, 1.54) is 141 Å². The van der Waals surface area contributed by atoms with E-state index in [9.17, 15) is 0 Å². The van der Waals surface area contributed by atoms with Crippen molar-refractivity contribution in [2.24, 2.45) is 5.92 Å². The summed E-state index contributed by atoms with van der Waals surface area (Å²) in [6.45, 7) is 10.3. The van der Waals surface area contributed by atoms with E-state index in [0.29, 0.717) is 0 Å². The fraction of sp³-hybridized carbons (Fsp3) is 0.929. The molecule has 0 aliphatic carbocycles. The number of hydrogen-bond donors (Lipinski definition) is 0. The second kappa shape index (κ2) is 25.0. The Morgan fingerprint density at radius 3 is 1.00 bits per heavy atom. The summed E-state index contributed by atoms with van der Waals surface area (Å²) in [5.74, 6) is 0.950. The molecule has 0 amide bonds. The standard InChI is InChI=1S/C28H56/c1-4-7-8-9-10-11-12-13-14-15-16-17-18-19-20-21-22-23-24-25-27-28(6-3)26-5-2/h28H,1-2,4-27H2,3H3. The molecule has 0 rings (SSSR count). The fourth-order valence-corrected chi connectivity index (χ4v) is 4.46. The predicted octanol–water partition coefficient (Wildman–Crippen LogP) is 10.7. The zero-order valence-electron chi connectivity index (χ0n) is 20.0. The lowest BCUT2D eigenvalue weighted by molar-refractivity contribution is 0.413. The van der Waals surface area contributed by atoms with Crippen molar-refractivity contribution in [2.75, 3.05) is 0 Å². The minimum atomic E-state index is 0.950. The van der Waals surface area contributed by atoms with Crippen molar-refractivity contribution in [1.82, 2.24) is 0 Å². The van der Waals surface area contributed by atoms with Gasteiger partial charge in [-0.3, -0.25) is 0 Å². The molecule has 0 nitrogen and oxygen atoms in total. The van der Waals surface area contributed by atoms with Crippen LogP contribution in [0.3, 0.4) is 0 Å². The van der Waals surface area contributed by atoms with E-state index in [1.54, 1.807) is 0 Å². The predicted molar refractivity (Wildman–Crippen MR) is 131 cm³/mol. The summed E-state index contributed by atoms with van der Waals surface area (Å²) in [5.41, 5.74) is 0. The van der Waals surface area contributed by atoms with Crippen LogP contribution in [0.1, 0.15) is 161 Å². The highest BCUT2D eigenvalue weighted by molar-refractivity contribution is 4.59. The summed E-state index contributed by atoms with van der Waals surface area (Å²) in [7, 11) is 0. The maximum atomic E-state index is 4.01. The average molecular weight is 393 g/mol. The minimum Gasteiger partial charge on any atom is -0.0651 e. The maximum Gasteiger partial charge on any atom is -0.0417 e. The van der Waals surface area contributed by atoms with E-state index in [0.717, 1.165) is 18.8 Å². The lowest BCUT2D eigenvalue weighted by atomic mass is 9.94. The highest BCUT2D eigenvalue weighted by Gasteiger charge is 2.04. The second-order valence-corrected chi connectivity index (χ2v) is 9.28. The first-order valence-electron chi connectivity index (χ1n) is 13.4. The van der Waals surface area contributed by atoms with Crippen molar-refractivity contribution in [1.29, 1.82) is 0 Å². The molecule has 0 aromatic heterocycles. The topological polar surface area (TPSA) is 0 Å². The molecule has 0 saturated carbocycles. The minimum absolute atomic E-state index is 0.950. The van der Waals surface area contributed by atoms with Gasteiger partial charge in [0.05, 0.1) is 0 Å². The molecule has 0 N–H and O–H groups in total. The molecule has 0 heterocycles. The van der Waals surface area contributed by atoms with Gasteiger partial charge >= 0.3 is 0 Å². The third kappa shape index (κ3) is 22.3. The molecule has 0 aromatic rings. The van der Waals surface area contributed by atoms with Crippen LogP contribution in [0.2, 0.25) is 0 Å². The van der Waals surface area contributed by atoms with Crippen molar-refractivity contribution in [3.63, 3.8) is 0 Å². The lowest BCUT2D eigenvalue weighted by Crippen LogP contribution is -1.98. The Balaban J connectivity index is 3.07. The molecule has 0 spiro atoms. The maximum absolute atomic E-state index is 4.01. The van der Waals surface area contributed by atoms with Gasteiger partial charge in [0, 0.05) is 0 Å². The van der Waals surface area contributed by atoms with Crippen molar-refractivity contribution in [3.8, 4) is 0 Å². The van der Waals surface area contributed by atoms with Gasteiger partial charge in [-0.1, -0.05) is 175 Å². The normalized spacial score (nSPS) is 12.5. The smallest absolute Gasteiger partial charge is 0.0417 e. The highest BCUT2D eigenvalue weighted by atomic mass is 14.1. The van der Waals surface area contributed by atoms with E-state index in [4.69, 9.17) is 0 Å². The van der Waals surface area contributed by atoms with E-state index in [1.807, 2.05) is 0 Å². The Hall–Kier alpha value is 0. The van der Waals surface area contributed by atoms with Gasteiger partial charge in [-0.15, -0.1) is 0 Å². The van der Waals surface area contributed by atoms with Crippen LogP contribution < -0.4 is 0 Å². The fourth-order valence-electron chi connectivity index (χ4n) is 4.46. The zero-order valence-corrected chi connectivity index (χ0v) is 20.0. The van der Waals surface area contributed by atoms with Crippen molar-refractivity contribution in [2.45, 2.75) is 161 Å². The summed E-state index contributed by atoms with van der Waals surface area (Å²) in [5, 5.41) is 0. The van der Waals surface area contributed by atoms with Gasteiger partial charge in [0.2, 0.25) is 0 Å². The molecule has 1 unspecified atom stereocenters. The summed E-state index contributed by atoms with van der Waals surface area (Å²) < 4.78 is 0. The van der Waals surface area contributed by atoms with Crippen LogP contribution in [0.5, 0.6) is 0 Å². The third-order valence-electron chi connectivity index (χ3n) is 6.55. The molecule has 168 valence electrons. The molecular formula is C28H56. The van der Waals surface area contributed by atoms with Gasteiger partial charge in [-0.05, 0) is 5.92 Å². The SMILES string of the molecule is [CH2]CCCCCCCCCCCCCCCCCCCCCC(CC)CC[CH2]. The molecule has 2 radical (unpaired) electrons. The molecular weight excluding hydrogens is 336 g/mol. The van der Waals surface area contributed by atoms with Gasteiger partial charge in [0.15, 0.2) is 0 Å². The lowest BCUT2D eigenvalue weighted by Gasteiger charge is -2.12. The Kier molecular flexibility index (Phi) is 25.0. The van der Waals surface area contributed by atoms with E-state index in [-0.39, 0.29) is 0 Å². The van der Waals surface area contributed by atoms with Crippen LogP contribution in [0.25, 0.3) is 0 Å². The van der Waals surface area contributed by atoms with Crippen molar-refractivity contribution in [3.05, 3.63) is 13.8 Å². The summed E-state index contributed by atoms with van der Waals surface area (Å²) in [4.78, 5) is 0. The first-order valence-corrected chi connectivity index (χ1v) is 13.4. The summed E-state index contributed by atoms with van der Waals surface area (Å²) >= 11 is 0. The molecule has 0 heteroatoms. The van der Waals surface area contributed by atoms with Crippen LogP contribution in [0.4, 0.5) is 0 Å². The molecule has 1 atom stereocenters. The van der Waals surface area contributed by atoms with Gasteiger partial charge in [0.25, 0.3) is 0 Å². The zero-order chi connectivity index (χ0) is 20.5. The number of unbranched alkanes of at least 4 members (excludes halogenated alkanes) is 19. The molecule has 0 aromatic carbocycles. The molecule has 0 aliphatic heterocycles. The summed E-state index contributed by atoms with van der Waals surface area (Å²) in [6, 6.07) is 0. The van der Waals surface area contributed by atoms with Crippen LogP contribution >= 0.6 is 0 Å². The second-order valence-electron chi connectivity index (χ2n) is 9.28. The van der Waals surface area contributed by atoms with Gasteiger partial charge < -0.3 is 0 Å². The third-order valence-corrected chi connectivity index (χ3v) is 6.55. The van der Waals surface area contributed by atoms with Gasteiger partial charge in [-0.25, -0.2) is 0 Å². The molecule has 0 fully saturated rings. The molecule has 0 bridgehead atoms. The first kappa shape index (κ1) is 28.0. The molecule has 0 saturated heterocycles. The first-order chi connectivity index (χ1) is 13.8. The van der Waals surface area contributed by atoms with E-state index < -0.39 is 0 Å². The Labute approximate surface area is 181 Å². The van der Waals surface area contributed by atoms with Crippen LogP contribution in [-0.4, -0.2) is 0 Å². The largest absolute Gasteiger partial charge is 0.0651 e. The Morgan fingerprint density at radius 1 is 0.393 bits per heavy atom. The Morgan fingerprint density at radius 2 is 0.714 bits per heavy atom. The van der Waals surface area contributed by atoms with Crippen LogP contribution in [-0.2, 0) is 0 Å².